The van der Waals surface area contributed by atoms with Crippen LogP contribution in [0.5, 0.6) is 0 Å². The summed E-state index contributed by atoms with van der Waals surface area (Å²) in [5.41, 5.74) is 0.239. The molecule has 0 aliphatic heterocycles. The molecular formula is C11H17N5O2. The highest BCUT2D eigenvalue weighted by Gasteiger charge is 2.13. The lowest BCUT2D eigenvalue weighted by atomic mass is 10.4. The van der Waals surface area contributed by atoms with Gasteiger partial charge in [-0.2, -0.15) is 0 Å². The first-order valence-corrected chi connectivity index (χ1v) is 5.89. The number of nitrogens with zero attached hydrogens (tertiary/aromatic N) is 4. The molecule has 0 bridgehead atoms. The Morgan fingerprint density at radius 1 is 1.28 bits per heavy atom. The Kier molecular flexibility index (Phi) is 3.33. The number of hydrogen-bond donors (Lipinski definition) is 1. The molecule has 2 rings (SSSR count). The van der Waals surface area contributed by atoms with Crippen molar-refractivity contribution < 1.29 is 0 Å². The minimum absolute atomic E-state index is 0.304. The van der Waals surface area contributed by atoms with Gasteiger partial charge in [0, 0.05) is 27.2 Å². The Balaban J connectivity index is 2.59. The van der Waals surface area contributed by atoms with Gasteiger partial charge in [-0.25, -0.2) is 9.78 Å². The van der Waals surface area contributed by atoms with Crippen molar-refractivity contribution in [3.63, 3.8) is 0 Å². The molecular weight excluding hydrogens is 234 g/mol. The molecule has 0 radical (unpaired) electrons. The molecule has 0 aliphatic rings. The van der Waals surface area contributed by atoms with Crippen LogP contribution in [0.1, 0.15) is 6.92 Å². The van der Waals surface area contributed by atoms with E-state index in [1.165, 1.54) is 11.6 Å². The van der Waals surface area contributed by atoms with Gasteiger partial charge < -0.3 is 9.88 Å². The van der Waals surface area contributed by atoms with Crippen molar-refractivity contribution in [3.8, 4) is 0 Å². The molecule has 18 heavy (non-hydrogen) atoms. The normalized spacial score (nSPS) is 11.3. The van der Waals surface area contributed by atoms with Gasteiger partial charge in [0.25, 0.3) is 5.56 Å². The lowest BCUT2D eigenvalue weighted by molar-refractivity contribution is 0.619. The highest BCUT2D eigenvalue weighted by molar-refractivity contribution is 5.69. The quantitative estimate of drug-likeness (QED) is 0.711. The third-order valence-corrected chi connectivity index (χ3v) is 3.00. The monoisotopic (exact) mass is 251 g/mol. The first-order chi connectivity index (χ1) is 8.57. The SMILES string of the molecule is CCNCCn1cnc2c1c(=O)n(C)c(=O)n2C. The Labute approximate surface area is 104 Å². The molecule has 0 aromatic carbocycles. The van der Waals surface area contributed by atoms with Crippen LogP contribution in [0.15, 0.2) is 15.9 Å². The van der Waals surface area contributed by atoms with Gasteiger partial charge in [-0.15, -0.1) is 0 Å². The van der Waals surface area contributed by atoms with Crippen LogP contribution in [-0.2, 0) is 20.6 Å². The second-order valence-corrected chi connectivity index (χ2v) is 4.17. The van der Waals surface area contributed by atoms with Crippen LogP contribution in [0.4, 0.5) is 0 Å². The largest absolute Gasteiger partial charge is 0.332 e. The lowest BCUT2D eigenvalue weighted by Gasteiger charge is -2.06. The van der Waals surface area contributed by atoms with Crippen molar-refractivity contribution in [1.29, 1.82) is 0 Å². The van der Waals surface area contributed by atoms with Crippen LogP contribution in [0.2, 0.25) is 0 Å². The van der Waals surface area contributed by atoms with Gasteiger partial charge in [0.1, 0.15) is 0 Å². The molecule has 7 nitrogen and oxygen atoms in total. The molecule has 0 atom stereocenters. The van der Waals surface area contributed by atoms with E-state index in [2.05, 4.69) is 10.3 Å². The molecule has 2 aromatic heterocycles. The van der Waals surface area contributed by atoms with Crippen molar-refractivity contribution in [2.24, 2.45) is 14.1 Å². The van der Waals surface area contributed by atoms with Crippen LogP contribution in [0.3, 0.4) is 0 Å². The number of likely N-dealkylation sites (N-methyl/N-ethyl adjacent to an activating group) is 1. The topological polar surface area (TPSA) is 73.8 Å². The average molecular weight is 251 g/mol. The Morgan fingerprint density at radius 3 is 2.67 bits per heavy atom. The maximum atomic E-state index is 12.1. The maximum absolute atomic E-state index is 12.1. The number of imidazole rings is 1. The lowest BCUT2D eigenvalue weighted by Crippen LogP contribution is -2.37. The number of hydrogen-bond acceptors (Lipinski definition) is 4. The van der Waals surface area contributed by atoms with Gasteiger partial charge in [-0.05, 0) is 6.54 Å². The molecule has 2 heterocycles. The van der Waals surface area contributed by atoms with Crippen molar-refractivity contribution in [2.45, 2.75) is 13.5 Å². The number of aromatic nitrogens is 4. The summed E-state index contributed by atoms with van der Waals surface area (Å²) in [6.07, 6.45) is 1.60. The number of aryl methyl sites for hydroxylation is 1. The predicted octanol–water partition coefficient (Wildman–Crippen LogP) is -0.957. The fourth-order valence-corrected chi connectivity index (χ4v) is 1.94. The van der Waals surface area contributed by atoms with Crippen LogP contribution in [0, 0.1) is 0 Å². The number of rotatable bonds is 4. The maximum Gasteiger partial charge on any atom is 0.332 e. The fraction of sp³-hybridized carbons (Fsp3) is 0.545. The van der Waals surface area contributed by atoms with Crippen LogP contribution in [0.25, 0.3) is 11.2 Å². The molecule has 0 saturated heterocycles. The summed E-state index contributed by atoms with van der Waals surface area (Å²) < 4.78 is 4.27. The summed E-state index contributed by atoms with van der Waals surface area (Å²) in [6, 6.07) is 0. The van der Waals surface area contributed by atoms with Gasteiger partial charge >= 0.3 is 5.69 Å². The van der Waals surface area contributed by atoms with E-state index in [0.717, 1.165) is 17.7 Å². The summed E-state index contributed by atoms with van der Waals surface area (Å²) in [4.78, 5) is 28.0. The summed E-state index contributed by atoms with van der Waals surface area (Å²) in [6.45, 7) is 4.31. The van der Waals surface area contributed by atoms with E-state index in [-0.39, 0.29) is 11.2 Å². The van der Waals surface area contributed by atoms with Crippen LogP contribution < -0.4 is 16.6 Å². The molecule has 0 spiro atoms. The minimum atomic E-state index is -0.357. The van der Waals surface area contributed by atoms with E-state index in [0.29, 0.717) is 17.7 Å². The second kappa shape index (κ2) is 4.77. The molecule has 0 aliphatic carbocycles. The van der Waals surface area contributed by atoms with E-state index in [1.54, 1.807) is 17.9 Å². The van der Waals surface area contributed by atoms with E-state index in [9.17, 15) is 9.59 Å². The Morgan fingerprint density at radius 2 is 2.00 bits per heavy atom. The van der Waals surface area contributed by atoms with Gasteiger partial charge in [0.2, 0.25) is 0 Å². The van der Waals surface area contributed by atoms with Gasteiger partial charge in [0.05, 0.1) is 6.33 Å². The predicted molar refractivity (Wildman–Crippen MR) is 68.8 cm³/mol. The third-order valence-electron chi connectivity index (χ3n) is 3.00. The standard InChI is InChI=1S/C11H17N5O2/c1-4-12-5-6-16-7-13-9-8(16)10(17)15(3)11(18)14(9)2/h7,12H,4-6H2,1-3H3. The summed E-state index contributed by atoms with van der Waals surface area (Å²) in [7, 11) is 3.09. The van der Waals surface area contributed by atoms with E-state index >= 15 is 0 Å². The molecule has 0 fully saturated rings. The number of fused-ring (bicyclic) bond motifs is 1. The molecule has 0 amide bonds. The smallest absolute Gasteiger partial charge is 0.323 e. The van der Waals surface area contributed by atoms with Crippen LogP contribution in [-0.4, -0.2) is 31.8 Å². The summed E-state index contributed by atoms with van der Waals surface area (Å²) in [5, 5.41) is 3.19. The highest BCUT2D eigenvalue weighted by Crippen LogP contribution is 2.04. The Bertz CT molecular complexity index is 679. The van der Waals surface area contributed by atoms with Crippen molar-refractivity contribution in [2.75, 3.05) is 13.1 Å². The average Bonchev–Trinajstić information content (AvgIpc) is 2.78. The first kappa shape index (κ1) is 12.6. The number of nitrogens with one attached hydrogen (secondary N) is 1. The second-order valence-electron chi connectivity index (χ2n) is 4.17. The molecule has 2 aromatic rings. The Hall–Kier alpha value is -1.89. The summed E-state index contributed by atoms with van der Waals surface area (Å²) >= 11 is 0. The zero-order chi connectivity index (χ0) is 13.3. The van der Waals surface area contributed by atoms with Crippen LogP contribution >= 0.6 is 0 Å². The molecule has 7 heteroatoms. The molecule has 0 unspecified atom stereocenters. The van der Waals surface area contributed by atoms with Gasteiger partial charge in [-0.1, -0.05) is 6.92 Å². The van der Waals surface area contributed by atoms with E-state index in [4.69, 9.17) is 0 Å². The van der Waals surface area contributed by atoms with Gasteiger partial charge in [0.15, 0.2) is 11.2 Å². The zero-order valence-electron chi connectivity index (χ0n) is 10.8. The van der Waals surface area contributed by atoms with E-state index in [1.807, 2.05) is 6.92 Å². The zero-order valence-corrected chi connectivity index (χ0v) is 10.8. The summed E-state index contributed by atoms with van der Waals surface area (Å²) in [5.74, 6) is 0. The molecule has 0 saturated carbocycles. The van der Waals surface area contributed by atoms with Crippen molar-refractivity contribution >= 4 is 11.2 Å². The minimum Gasteiger partial charge on any atom is -0.323 e. The third kappa shape index (κ3) is 1.86. The van der Waals surface area contributed by atoms with E-state index < -0.39 is 0 Å². The van der Waals surface area contributed by atoms with Crippen molar-refractivity contribution in [3.05, 3.63) is 27.2 Å². The van der Waals surface area contributed by atoms with Gasteiger partial charge in [-0.3, -0.25) is 13.9 Å². The highest BCUT2D eigenvalue weighted by atomic mass is 16.2. The molecule has 98 valence electrons. The van der Waals surface area contributed by atoms with Crippen molar-refractivity contribution in [1.82, 2.24) is 24.0 Å². The first-order valence-electron chi connectivity index (χ1n) is 5.89. The fourth-order valence-electron chi connectivity index (χ4n) is 1.94. The molecule has 1 N–H and O–H groups in total.